The second kappa shape index (κ2) is 7.61. The zero-order valence-electron chi connectivity index (χ0n) is 12.5. The first kappa shape index (κ1) is 16.8. The second-order valence-electron chi connectivity index (χ2n) is 6.00. The molecule has 1 unspecified atom stereocenters. The summed E-state index contributed by atoms with van der Waals surface area (Å²) in [5.41, 5.74) is 0.574. The van der Waals surface area contributed by atoms with Crippen LogP contribution in [-0.2, 0) is 0 Å². The van der Waals surface area contributed by atoms with Crippen LogP contribution in [-0.4, -0.2) is 36.5 Å². The third-order valence-corrected chi connectivity index (χ3v) is 4.95. The molecule has 5 heteroatoms. The van der Waals surface area contributed by atoms with E-state index in [0.29, 0.717) is 22.5 Å². The van der Waals surface area contributed by atoms with Crippen molar-refractivity contribution in [2.24, 2.45) is 5.92 Å². The SMILES string of the molecule is CC(C)CN(CC1CCCN1)C(=O)c1cccc(Br)c1Cl. The Bertz CT molecular complexity index is 501. The monoisotopic (exact) mass is 372 g/mol. The van der Waals surface area contributed by atoms with Gasteiger partial charge in [-0.1, -0.05) is 31.5 Å². The highest BCUT2D eigenvalue weighted by atomic mass is 79.9. The number of benzene rings is 1. The molecule has 1 amide bonds. The van der Waals surface area contributed by atoms with Gasteiger partial charge in [-0.3, -0.25) is 4.79 Å². The molecule has 1 saturated heterocycles. The number of nitrogens with one attached hydrogen (secondary N) is 1. The van der Waals surface area contributed by atoms with Crippen LogP contribution in [0.2, 0.25) is 5.02 Å². The van der Waals surface area contributed by atoms with Crippen LogP contribution in [0.4, 0.5) is 0 Å². The first-order valence-electron chi connectivity index (χ1n) is 7.45. The Kier molecular flexibility index (Phi) is 6.08. The van der Waals surface area contributed by atoms with E-state index < -0.39 is 0 Å². The molecule has 1 N–H and O–H groups in total. The van der Waals surface area contributed by atoms with Crippen molar-refractivity contribution in [1.29, 1.82) is 0 Å². The van der Waals surface area contributed by atoms with Crippen molar-refractivity contribution in [1.82, 2.24) is 10.2 Å². The highest BCUT2D eigenvalue weighted by Gasteiger charge is 2.24. The van der Waals surface area contributed by atoms with Gasteiger partial charge in [0.25, 0.3) is 5.91 Å². The lowest BCUT2D eigenvalue weighted by molar-refractivity contribution is 0.0721. The molecule has 116 valence electrons. The third-order valence-electron chi connectivity index (χ3n) is 3.66. The molecule has 1 atom stereocenters. The van der Waals surface area contributed by atoms with Crippen molar-refractivity contribution >= 4 is 33.4 Å². The Hall–Kier alpha value is -0.580. The summed E-state index contributed by atoms with van der Waals surface area (Å²) in [6.07, 6.45) is 2.32. The van der Waals surface area contributed by atoms with Crippen molar-refractivity contribution in [3.63, 3.8) is 0 Å². The average Bonchev–Trinajstić information content (AvgIpc) is 2.93. The normalized spacial score (nSPS) is 18.2. The van der Waals surface area contributed by atoms with Crippen molar-refractivity contribution < 1.29 is 4.79 Å². The Morgan fingerprint density at radius 3 is 2.90 bits per heavy atom. The number of halogens is 2. The summed E-state index contributed by atoms with van der Waals surface area (Å²) in [4.78, 5) is 14.8. The topological polar surface area (TPSA) is 32.3 Å². The largest absolute Gasteiger partial charge is 0.337 e. The Morgan fingerprint density at radius 2 is 2.29 bits per heavy atom. The lowest BCUT2D eigenvalue weighted by atomic mass is 10.1. The van der Waals surface area contributed by atoms with Gasteiger partial charge in [-0.25, -0.2) is 0 Å². The Morgan fingerprint density at radius 1 is 1.52 bits per heavy atom. The quantitative estimate of drug-likeness (QED) is 0.847. The van der Waals surface area contributed by atoms with E-state index >= 15 is 0 Å². The molecule has 2 rings (SSSR count). The zero-order chi connectivity index (χ0) is 15.4. The highest BCUT2D eigenvalue weighted by molar-refractivity contribution is 9.10. The van der Waals surface area contributed by atoms with Gasteiger partial charge in [0.05, 0.1) is 10.6 Å². The van der Waals surface area contributed by atoms with Gasteiger partial charge in [-0.2, -0.15) is 0 Å². The molecule has 0 saturated carbocycles. The average molecular weight is 374 g/mol. The maximum atomic E-state index is 12.8. The second-order valence-corrected chi connectivity index (χ2v) is 7.23. The van der Waals surface area contributed by atoms with E-state index in [4.69, 9.17) is 11.6 Å². The number of nitrogens with zero attached hydrogens (tertiary/aromatic N) is 1. The van der Waals surface area contributed by atoms with Crippen LogP contribution < -0.4 is 5.32 Å². The van der Waals surface area contributed by atoms with Gasteiger partial charge in [-0.15, -0.1) is 0 Å². The van der Waals surface area contributed by atoms with E-state index in [2.05, 4.69) is 35.1 Å². The number of rotatable bonds is 5. The van der Waals surface area contributed by atoms with Crippen LogP contribution in [0.15, 0.2) is 22.7 Å². The van der Waals surface area contributed by atoms with Gasteiger partial charge in [0.15, 0.2) is 0 Å². The number of amides is 1. The summed E-state index contributed by atoms with van der Waals surface area (Å²) in [5, 5.41) is 3.95. The predicted molar refractivity (Wildman–Crippen MR) is 90.9 cm³/mol. The van der Waals surface area contributed by atoms with Crippen molar-refractivity contribution in [2.75, 3.05) is 19.6 Å². The molecule has 0 spiro atoms. The van der Waals surface area contributed by atoms with Crippen LogP contribution in [0, 0.1) is 5.92 Å². The number of carbonyl (C=O) groups is 1. The minimum atomic E-state index is 0.0173. The summed E-state index contributed by atoms with van der Waals surface area (Å²) in [5.74, 6) is 0.449. The molecule has 1 fully saturated rings. The molecule has 0 aromatic heterocycles. The highest BCUT2D eigenvalue weighted by Crippen LogP contribution is 2.27. The molecule has 0 bridgehead atoms. The number of carbonyl (C=O) groups excluding carboxylic acids is 1. The van der Waals surface area contributed by atoms with Crippen LogP contribution in [0.25, 0.3) is 0 Å². The maximum absolute atomic E-state index is 12.8. The molecule has 1 aromatic carbocycles. The molecule has 1 heterocycles. The lowest BCUT2D eigenvalue weighted by Crippen LogP contribution is -2.43. The van der Waals surface area contributed by atoms with Gasteiger partial charge in [-0.05, 0) is 53.4 Å². The summed E-state index contributed by atoms with van der Waals surface area (Å²) < 4.78 is 0.763. The molecule has 1 aliphatic heterocycles. The van der Waals surface area contributed by atoms with Gasteiger partial charge in [0.1, 0.15) is 0 Å². The first-order valence-corrected chi connectivity index (χ1v) is 8.62. The molecule has 21 heavy (non-hydrogen) atoms. The zero-order valence-corrected chi connectivity index (χ0v) is 14.9. The van der Waals surface area contributed by atoms with Crippen LogP contribution >= 0.6 is 27.5 Å². The molecule has 3 nitrogen and oxygen atoms in total. The summed E-state index contributed by atoms with van der Waals surface area (Å²) in [6.45, 7) is 6.81. The minimum Gasteiger partial charge on any atom is -0.337 e. The molecular weight excluding hydrogens is 352 g/mol. The van der Waals surface area contributed by atoms with Gasteiger partial charge >= 0.3 is 0 Å². The van der Waals surface area contributed by atoms with Gasteiger partial charge < -0.3 is 10.2 Å². The van der Waals surface area contributed by atoms with Gasteiger partial charge in [0, 0.05) is 23.6 Å². The summed E-state index contributed by atoms with van der Waals surface area (Å²) in [7, 11) is 0. The third kappa shape index (κ3) is 4.44. The van der Waals surface area contributed by atoms with Crippen molar-refractivity contribution in [3.05, 3.63) is 33.3 Å². The fraction of sp³-hybridized carbons (Fsp3) is 0.562. The molecule has 1 aliphatic rings. The molecule has 0 aliphatic carbocycles. The Balaban J connectivity index is 2.18. The molecule has 1 aromatic rings. The lowest BCUT2D eigenvalue weighted by Gasteiger charge is -2.28. The number of hydrogen-bond donors (Lipinski definition) is 1. The summed E-state index contributed by atoms with van der Waals surface area (Å²) in [6, 6.07) is 5.90. The van der Waals surface area contributed by atoms with Crippen LogP contribution in [0.3, 0.4) is 0 Å². The fourth-order valence-electron chi connectivity index (χ4n) is 2.70. The van der Waals surface area contributed by atoms with E-state index in [-0.39, 0.29) is 5.91 Å². The van der Waals surface area contributed by atoms with E-state index in [1.165, 1.54) is 6.42 Å². The van der Waals surface area contributed by atoms with Crippen molar-refractivity contribution in [2.45, 2.75) is 32.7 Å². The molecule has 0 radical (unpaired) electrons. The van der Waals surface area contributed by atoms with Crippen LogP contribution in [0.5, 0.6) is 0 Å². The fourth-order valence-corrected chi connectivity index (χ4v) is 3.27. The van der Waals surface area contributed by atoms with E-state index in [1.54, 1.807) is 6.07 Å². The van der Waals surface area contributed by atoms with Crippen LogP contribution in [0.1, 0.15) is 37.0 Å². The summed E-state index contributed by atoms with van der Waals surface area (Å²) >= 11 is 9.66. The van der Waals surface area contributed by atoms with E-state index in [9.17, 15) is 4.79 Å². The smallest absolute Gasteiger partial charge is 0.255 e. The molecular formula is C16H22BrClN2O. The van der Waals surface area contributed by atoms with Crippen molar-refractivity contribution in [3.8, 4) is 0 Å². The maximum Gasteiger partial charge on any atom is 0.255 e. The Labute approximate surface area is 140 Å². The van der Waals surface area contributed by atoms with Gasteiger partial charge in [0.2, 0.25) is 0 Å². The first-order chi connectivity index (χ1) is 9.99. The number of hydrogen-bond acceptors (Lipinski definition) is 2. The minimum absolute atomic E-state index is 0.0173. The van der Waals surface area contributed by atoms with E-state index in [1.807, 2.05) is 17.0 Å². The van der Waals surface area contributed by atoms with E-state index in [0.717, 1.165) is 30.5 Å². The standard InChI is InChI=1S/C16H22BrClN2O/c1-11(2)9-20(10-12-5-4-8-19-12)16(21)13-6-3-7-14(17)15(13)18/h3,6-7,11-12,19H,4-5,8-10H2,1-2H3. The predicted octanol–water partition coefficient (Wildman–Crippen LogP) is 3.95.